The van der Waals surface area contributed by atoms with Crippen molar-refractivity contribution in [3.8, 4) is 22.8 Å². The zero-order valence-electron chi connectivity index (χ0n) is 18.6. The maximum atomic E-state index is 13.8. The predicted molar refractivity (Wildman–Crippen MR) is 134 cm³/mol. The molecule has 0 spiro atoms. The monoisotopic (exact) mass is 510 g/mol. The maximum Gasteiger partial charge on any atom is 0.250 e. The minimum absolute atomic E-state index is 0.00451. The summed E-state index contributed by atoms with van der Waals surface area (Å²) in [4.78, 5) is 16.5. The minimum Gasteiger partial charge on any atom is -0.494 e. The van der Waals surface area contributed by atoms with Gasteiger partial charge in [0.25, 0.3) is 5.91 Å². The van der Waals surface area contributed by atoms with Gasteiger partial charge in [0.05, 0.1) is 23.6 Å². The highest BCUT2D eigenvalue weighted by molar-refractivity contribution is 7.99. The molecule has 1 amide bonds. The van der Waals surface area contributed by atoms with Crippen molar-refractivity contribution in [2.24, 2.45) is 5.10 Å². The molecule has 0 bridgehead atoms. The fraction of sp³-hybridized carbons (Fsp3) is 0.125. The van der Waals surface area contributed by atoms with E-state index in [0.29, 0.717) is 17.6 Å². The molecule has 0 unspecified atom stereocenters. The molecule has 1 N–H and O–H groups in total. The number of hydrogen-bond donors (Lipinski definition) is 1. The number of pyridine rings is 1. The molecule has 35 heavy (non-hydrogen) atoms. The molecule has 0 aliphatic rings. The molecular formula is C24H20ClFN6O2S. The number of nitrogens with one attached hydrogen (secondary N) is 1. The average molecular weight is 511 g/mol. The van der Waals surface area contributed by atoms with Gasteiger partial charge in [0.15, 0.2) is 11.0 Å². The smallest absolute Gasteiger partial charge is 0.250 e. The van der Waals surface area contributed by atoms with Crippen LogP contribution >= 0.6 is 23.4 Å². The molecular weight excluding hydrogens is 491 g/mol. The Hall–Kier alpha value is -3.76. The molecule has 0 radical (unpaired) electrons. The van der Waals surface area contributed by atoms with E-state index in [1.165, 1.54) is 36.2 Å². The van der Waals surface area contributed by atoms with E-state index in [9.17, 15) is 9.18 Å². The summed E-state index contributed by atoms with van der Waals surface area (Å²) in [6.07, 6.45) is 4.54. The topological polar surface area (TPSA) is 94.3 Å². The van der Waals surface area contributed by atoms with Gasteiger partial charge in [-0.1, -0.05) is 29.4 Å². The number of nitrogens with zero attached hydrogens (tertiary/aromatic N) is 5. The SMILES string of the molecule is CCOc1ccc(-n2c(SCC(=O)N/N=C/c3c(F)cccc3Cl)nnc2-c2cccnc2)cc1. The molecule has 2 aromatic heterocycles. The molecule has 0 aliphatic carbocycles. The molecule has 2 aromatic carbocycles. The number of benzene rings is 2. The van der Waals surface area contributed by atoms with Crippen LogP contribution in [0.4, 0.5) is 4.39 Å². The minimum atomic E-state index is -0.531. The first-order valence-electron chi connectivity index (χ1n) is 10.5. The highest BCUT2D eigenvalue weighted by atomic mass is 35.5. The highest BCUT2D eigenvalue weighted by Gasteiger charge is 2.17. The number of hydrogen-bond acceptors (Lipinski definition) is 7. The molecule has 0 aliphatic heterocycles. The molecule has 0 fully saturated rings. The summed E-state index contributed by atoms with van der Waals surface area (Å²) in [5.41, 5.74) is 4.04. The largest absolute Gasteiger partial charge is 0.494 e. The fourth-order valence-corrected chi connectivity index (χ4v) is 4.06. The summed E-state index contributed by atoms with van der Waals surface area (Å²) in [5.74, 6) is 0.398. The van der Waals surface area contributed by atoms with E-state index in [-0.39, 0.29) is 16.3 Å². The van der Waals surface area contributed by atoms with Crippen LogP contribution in [0.25, 0.3) is 17.1 Å². The third kappa shape index (κ3) is 6.03. The summed E-state index contributed by atoms with van der Waals surface area (Å²) < 4.78 is 21.2. The number of carbonyl (C=O) groups excluding carboxylic acids is 1. The first-order chi connectivity index (χ1) is 17.1. The summed E-state index contributed by atoms with van der Waals surface area (Å²) >= 11 is 7.15. The van der Waals surface area contributed by atoms with Crippen molar-refractivity contribution in [3.05, 3.63) is 83.4 Å². The molecule has 0 saturated carbocycles. The third-order valence-corrected chi connectivity index (χ3v) is 5.93. The van der Waals surface area contributed by atoms with Gasteiger partial charge in [-0.25, -0.2) is 9.82 Å². The number of rotatable bonds is 9. The number of carbonyl (C=O) groups is 1. The third-order valence-electron chi connectivity index (χ3n) is 4.67. The van der Waals surface area contributed by atoms with Gasteiger partial charge in [0, 0.05) is 29.2 Å². The average Bonchev–Trinajstić information content (AvgIpc) is 3.30. The number of halogens is 2. The van der Waals surface area contributed by atoms with Crippen molar-refractivity contribution < 1.29 is 13.9 Å². The fourth-order valence-electron chi connectivity index (χ4n) is 3.10. The molecule has 2 heterocycles. The van der Waals surface area contributed by atoms with E-state index < -0.39 is 11.7 Å². The highest BCUT2D eigenvalue weighted by Crippen LogP contribution is 2.28. The quantitative estimate of drug-likeness (QED) is 0.198. The van der Waals surface area contributed by atoms with Crippen molar-refractivity contribution in [1.29, 1.82) is 0 Å². The van der Waals surface area contributed by atoms with Crippen molar-refractivity contribution in [1.82, 2.24) is 25.2 Å². The van der Waals surface area contributed by atoms with Gasteiger partial charge in [0.1, 0.15) is 11.6 Å². The lowest BCUT2D eigenvalue weighted by Gasteiger charge is -2.11. The van der Waals surface area contributed by atoms with Crippen molar-refractivity contribution in [2.75, 3.05) is 12.4 Å². The van der Waals surface area contributed by atoms with Crippen LogP contribution in [0.3, 0.4) is 0 Å². The van der Waals surface area contributed by atoms with Crippen LogP contribution in [0, 0.1) is 5.82 Å². The number of aromatic nitrogens is 4. The van der Waals surface area contributed by atoms with Crippen LogP contribution in [0.1, 0.15) is 12.5 Å². The molecule has 4 aromatic rings. The van der Waals surface area contributed by atoms with Crippen LogP contribution in [-0.4, -0.2) is 44.2 Å². The van der Waals surface area contributed by atoms with Crippen LogP contribution in [0.15, 0.2) is 77.2 Å². The van der Waals surface area contributed by atoms with Crippen LogP contribution in [-0.2, 0) is 4.79 Å². The molecule has 8 nitrogen and oxygen atoms in total. The Morgan fingerprint density at radius 2 is 2.03 bits per heavy atom. The van der Waals surface area contributed by atoms with Crippen LogP contribution < -0.4 is 10.2 Å². The predicted octanol–water partition coefficient (Wildman–Crippen LogP) is 4.76. The molecule has 11 heteroatoms. The Bertz CT molecular complexity index is 1310. The summed E-state index contributed by atoms with van der Waals surface area (Å²) in [6, 6.07) is 15.5. The zero-order chi connectivity index (χ0) is 24.6. The second kappa shape index (κ2) is 11.6. The summed E-state index contributed by atoms with van der Waals surface area (Å²) in [5, 5.41) is 13.1. The Kier molecular flexibility index (Phi) is 8.07. The van der Waals surface area contributed by atoms with Gasteiger partial charge in [-0.15, -0.1) is 10.2 Å². The van der Waals surface area contributed by atoms with E-state index in [1.807, 2.05) is 47.9 Å². The van der Waals surface area contributed by atoms with Gasteiger partial charge in [-0.3, -0.25) is 14.3 Å². The van der Waals surface area contributed by atoms with Crippen molar-refractivity contribution in [2.45, 2.75) is 12.1 Å². The van der Waals surface area contributed by atoms with Crippen molar-refractivity contribution in [3.63, 3.8) is 0 Å². The number of thioether (sulfide) groups is 1. The Morgan fingerprint density at radius 3 is 2.74 bits per heavy atom. The van der Waals surface area contributed by atoms with Crippen molar-refractivity contribution >= 4 is 35.5 Å². The Labute approximate surface area is 210 Å². The lowest BCUT2D eigenvalue weighted by atomic mass is 10.2. The lowest BCUT2D eigenvalue weighted by Crippen LogP contribution is -2.20. The summed E-state index contributed by atoms with van der Waals surface area (Å²) in [6.45, 7) is 2.48. The van der Waals surface area contributed by atoms with Gasteiger partial charge >= 0.3 is 0 Å². The van der Waals surface area contributed by atoms with Crippen LogP contribution in [0.2, 0.25) is 5.02 Å². The van der Waals surface area contributed by atoms with E-state index in [4.69, 9.17) is 16.3 Å². The molecule has 4 rings (SSSR count). The number of amides is 1. The lowest BCUT2D eigenvalue weighted by molar-refractivity contribution is -0.118. The second-order valence-electron chi connectivity index (χ2n) is 7.03. The number of hydrazone groups is 1. The molecule has 0 saturated heterocycles. The van der Waals surface area contributed by atoms with E-state index in [0.717, 1.165) is 17.0 Å². The van der Waals surface area contributed by atoms with Gasteiger partial charge in [0.2, 0.25) is 0 Å². The first-order valence-corrected chi connectivity index (χ1v) is 11.9. The summed E-state index contributed by atoms with van der Waals surface area (Å²) in [7, 11) is 0. The normalized spacial score (nSPS) is 11.1. The van der Waals surface area contributed by atoms with E-state index in [2.05, 4.69) is 25.7 Å². The number of ether oxygens (including phenoxy) is 1. The maximum absolute atomic E-state index is 13.8. The molecule has 178 valence electrons. The van der Waals surface area contributed by atoms with Gasteiger partial charge < -0.3 is 4.74 Å². The van der Waals surface area contributed by atoms with Gasteiger partial charge in [-0.05, 0) is 55.5 Å². The Balaban J connectivity index is 1.52. The van der Waals surface area contributed by atoms with Gasteiger partial charge in [-0.2, -0.15) is 5.10 Å². The first kappa shape index (κ1) is 24.4. The van der Waals surface area contributed by atoms with Crippen LogP contribution in [0.5, 0.6) is 5.75 Å². The Morgan fingerprint density at radius 1 is 1.20 bits per heavy atom. The second-order valence-corrected chi connectivity index (χ2v) is 8.38. The molecule has 0 atom stereocenters. The zero-order valence-corrected chi connectivity index (χ0v) is 20.1. The standard InChI is InChI=1S/C24H20ClFN6O2S/c1-2-34-18-10-8-17(9-11-18)32-23(16-5-4-12-27-13-16)30-31-24(32)35-15-22(33)29-28-14-19-20(25)6-3-7-21(19)26/h3-14H,2,15H2,1H3,(H,29,33)/b28-14+. The van der Waals surface area contributed by atoms with E-state index in [1.54, 1.807) is 12.4 Å². The van der Waals surface area contributed by atoms with E-state index >= 15 is 0 Å².